The van der Waals surface area contributed by atoms with Crippen molar-refractivity contribution < 1.29 is 19.1 Å². The van der Waals surface area contributed by atoms with Gasteiger partial charge in [0.25, 0.3) is 0 Å². The Bertz CT molecular complexity index is 749. The SMILES string of the molecule is C=Cc1ccccc1C1C(C(=O)OCC)=C(C)NC(C)=C1C(=O)OCC. The van der Waals surface area contributed by atoms with Crippen molar-refractivity contribution in [2.45, 2.75) is 33.6 Å². The fraction of sp³-hybridized carbons (Fsp3) is 0.333. The standard InChI is InChI=1S/C21H25NO4/c1-6-15-11-9-10-12-16(15)19-17(20(23)25-7-2)13(4)22-14(5)18(19)21(24)26-8-3/h6,9-12,19,22H,1,7-8H2,2-5H3. The lowest BCUT2D eigenvalue weighted by Gasteiger charge is -2.31. The highest BCUT2D eigenvalue weighted by atomic mass is 16.5. The summed E-state index contributed by atoms with van der Waals surface area (Å²) in [6.07, 6.45) is 1.72. The van der Waals surface area contributed by atoms with E-state index in [4.69, 9.17) is 9.47 Å². The van der Waals surface area contributed by atoms with Gasteiger partial charge in [0.15, 0.2) is 0 Å². The van der Waals surface area contributed by atoms with Crippen molar-refractivity contribution in [3.8, 4) is 0 Å². The number of esters is 2. The predicted molar refractivity (Wildman–Crippen MR) is 101 cm³/mol. The zero-order chi connectivity index (χ0) is 19.3. The number of allylic oxidation sites excluding steroid dienone is 2. The monoisotopic (exact) mass is 355 g/mol. The molecule has 5 nitrogen and oxygen atoms in total. The molecule has 5 heteroatoms. The van der Waals surface area contributed by atoms with Crippen LogP contribution in [0.2, 0.25) is 0 Å². The summed E-state index contributed by atoms with van der Waals surface area (Å²) in [6, 6.07) is 7.57. The van der Waals surface area contributed by atoms with Crippen LogP contribution in [0.3, 0.4) is 0 Å². The highest BCUT2D eigenvalue weighted by molar-refractivity contribution is 6.00. The summed E-state index contributed by atoms with van der Waals surface area (Å²) in [5, 5.41) is 3.13. The molecule has 26 heavy (non-hydrogen) atoms. The van der Waals surface area contributed by atoms with E-state index in [0.29, 0.717) is 22.5 Å². The van der Waals surface area contributed by atoms with Crippen LogP contribution in [0.4, 0.5) is 0 Å². The molecule has 1 N–H and O–H groups in total. The third-order valence-electron chi connectivity index (χ3n) is 4.28. The first kappa shape index (κ1) is 19.5. The molecule has 0 bridgehead atoms. The Hall–Kier alpha value is -2.82. The maximum Gasteiger partial charge on any atom is 0.336 e. The normalized spacial score (nSPS) is 14.8. The molecule has 1 aliphatic rings. The number of nitrogens with one attached hydrogen (secondary N) is 1. The number of rotatable bonds is 6. The van der Waals surface area contributed by atoms with Gasteiger partial charge in [-0.2, -0.15) is 0 Å². The smallest absolute Gasteiger partial charge is 0.336 e. The second-order valence-corrected chi connectivity index (χ2v) is 5.91. The van der Waals surface area contributed by atoms with Gasteiger partial charge in [0, 0.05) is 11.4 Å². The van der Waals surface area contributed by atoms with Gasteiger partial charge in [-0.1, -0.05) is 36.9 Å². The van der Waals surface area contributed by atoms with Gasteiger partial charge in [0.2, 0.25) is 0 Å². The van der Waals surface area contributed by atoms with E-state index in [1.165, 1.54) is 0 Å². The highest BCUT2D eigenvalue weighted by Crippen LogP contribution is 2.40. The number of carbonyl (C=O) groups excluding carboxylic acids is 2. The first-order chi connectivity index (χ1) is 12.5. The number of ether oxygens (including phenoxy) is 2. The summed E-state index contributed by atoms with van der Waals surface area (Å²) in [5.74, 6) is -1.48. The average molecular weight is 355 g/mol. The predicted octanol–water partition coefficient (Wildman–Crippen LogP) is 3.69. The van der Waals surface area contributed by atoms with E-state index in [1.807, 2.05) is 24.3 Å². The molecule has 0 saturated heterocycles. The molecule has 0 saturated carbocycles. The summed E-state index contributed by atoms with van der Waals surface area (Å²) >= 11 is 0. The lowest BCUT2D eigenvalue weighted by atomic mass is 9.78. The van der Waals surface area contributed by atoms with Crippen molar-refractivity contribution in [3.63, 3.8) is 0 Å². The minimum atomic E-state index is -0.580. The van der Waals surface area contributed by atoms with E-state index in [-0.39, 0.29) is 13.2 Å². The molecular formula is C21H25NO4. The van der Waals surface area contributed by atoms with Gasteiger partial charge in [0.05, 0.1) is 30.3 Å². The van der Waals surface area contributed by atoms with Gasteiger partial charge < -0.3 is 14.8 Å². The molecule has 1 aromatic carbocycles. The van der Waals surface area contributed by atoms with Crippen LogP contribution in [0.25, 0.3) is 6.08 Å². The van der Waals surface area contributed by atoms with E-state index < -0.39 is 17.9 Å². The Morgan fingerprint density at radius 2 is 1.54 bits per heavy atom. The van der Waals surface area contributed by atoms with Crippen LogP contribution in [0, 0.1) is 0 Å². The van der Waals surface area contributed by atoms with Crippen molar-refractivity contribution in [1.29, 1.82) is 0 Å². The molecule has 1 heterocycles. The fourth-order valence-corrected chi connectivity index (χ4v) is 3.22. The molecular weight excluding hydrogens is 330 g/mol. The van der Waals surface area contributed by atoms with Gasteiger partial charge in [-0.15, -0.1) is 0 Å². The Balaban J connectivity index is 2.71. The van der Waals surface area contributed by atoms with E-state index in [2.05, 4.69) is 11.9 Å². The lowest BCUT2D eigenvalue weighted by Crippen LogP contribution is -2.32. The van der Waals surface area contributed by atoms with Crippen molar-refractivity contribution in [3.05, 3.63) is 64.5 Å². The molecule has 1 aliphatic heterocycles. The van der Waals surface area contributed by atoms with Crippen LogP contribution >= 0.6 is 0 Å². The Morgan fingerprint density at radius 1 is 1.04 bits per heavy atom. The minimum Gasteiger partial charge on any atom is -0.463 e. The van der Waals surface area contributed by atoms with Crippen molar-refractivity contribution in [2.24, 2.45) is 0 Å². The average Bonchev–Trinajstić information content (AvgIpc) is 2.61. The van der Waals surface area contributed by atoms with E-state index in [9.17, 15) is 9.59 Å². The van der Waals surface area contributed by atoms with Crippen LogP contribution in [-0.2, 0) is 19.1 Å². The largest absolute Gasteiger partial charge is 0.463 e. The maximum atomic E-state index is 12.7. The first-order valence-electron chi connectivity index (χ1n) is 8.70. The molecule has 138 valence electrons. The Labute approximate surface area is 154 Å². The number of benzene rings is 1. The molecule has 0 atom stereocenters. The van der Waals surface area contributed by atoms with Gasteiger partial charge in [-0.05, 0) is 38.8 Å². The van der Waals surface area contributed by atoms with Gasteiger partial charge >= 0.3 is 11.9 Å². The summed E-state index contributed by atoms with van der Waals surface area (Å²) in [6.45, 7) is 11.5. The zero-order valence-corrected chi connectivity index (χ0v) is 15.7. The molecule has 1 aromatic rings. The second kappa shape index (κ2) is 8.52. The molecule has 0 radical (unpaired) electrons. The van der Waals surface area contributed by atoms with E-state index >= 15 is 0 Å². The lowest BCUT2D eigenvalue weighted by molar-refractivity contribution is -0.139. The summed E-state index contributed by atoms with van der Waals surface area (Å²) < 4.78 is 10.5. The van der Waals surface area contributed by atoms with Crippen LogP contribution in [0.15, 0.2) is 53.4 Å². The van der Waals surface area contributed by atoms with Crippen molar-refractivity contribution in [2.75, 3.05) is 13.2 Å². The van der Waals surface area contributed by atoms with Crippen molar-refractivity contribution >= 4 is 18.0 Å². The third-order valence-corrected chi connectivity index (χ3v) is 4.28. The van der Waals surface area contributed by atoms with E-state index in [0.717, 1.165) is 11.1 Å². The highest BCUT2D eigenvalue weighted by Gasteiger charge is 2.38. The van der Waals surface area contributed by atoms with Gasteiger partial charge in [-0.25, -0.2) is 9.59 Å². The van der Waals surface area contributed by atoms with Crippen LogP contribution in [0.5, 0.6) is 0 Å². The van der Waals surface area contributed by atoms with Crippen LogP contribution in [0.1, 0.15) is 44.7 Å². The Kier molecular flexibility index (Phi) is 6.39. The molecule has 0 aromatic heterocycles. The molecule has 0 unspecified atom stereocenters. The first-order valence-corrected chi connectivity index (χ1v) is 8.70. The summed E-state index contributed by atoms with van der Waals surface area (Å²) in [5.41, 5.74) is 3.82. The van der Waals surface area contributed by atoms with Crippen LogP contribution < -0.4 is 5.32 Å². The number of dihydropyridines is 1. The molecule has 0 aliphatic carbocycles. The Morgan fingerprint density at radius 3 is 2.00 bits per heavy atom. The number of hydrogen-bond acceptors (Lipinski definition) is 5. The summed E-state index contributed by atoms with van der Waals surface area (Å²) in [7, 11) is 0. The molecule has 0 fully saturated rings. The summed E-state index contributed by atoms with van der Waals surface area (Å²) in [4.78, 5) is 25.4. The number of carbonyl (C=O) groups is 2. The molecule has 2 rings (SSSR count). The number of hydrogen-bond donors (Lipinski definition) is 1. The molecule has 0 spiro atoms. The second-order valence-electron chi connectivity index (χ2n) is 5.91. The van der Waals surface area contributed by atoms with Gasteiger partial charge in [-0.3, -0.25) is 0 Å². The molecule has 0 amide bonds. The minimum absolute atomic E-state index is 0.253. The zero-order valence-electron chi connectivity index (χ0n) is 15.7. The van der Waals surface area contributed by atoms with Gasteiger partial charge in [0.1, 0.15) is 0 Å². The van der Waals surface area contributed by atoms with Crippen LogP contribution in [-0.4, -0.2) is 25.2 Å². The quantitative estimate of drug-likeness (QED) is 0.789. The fourth-order valence-electron chi connectivity index (χ4n) is 3.22. The maximum absolute atomic E-state index is 12.7. The topological polar surface area (TPSA) is 64.6 Å². The third kappa shape index (κ3) is 3.72. The van der Waals surface area contributed by atoms with Crippen molar-refractivity contribution in [1.82, 2.24) is 5.32 Å². The van der Waals surface area contributed by atoms with E-state index in [1.54, 1.807) is 33.8 Å².